The quantitative estimate of drug-likeness (QED) is 0.258. The van der Waals surface area contributed by atoms with E-state index in [1.165, 1.54) is 18.9 Å². The normalized spacial score (nSPS) is 14.2. The molecule has 1 aliphatic carbocycles. The Bertz CT molecular complexity index is 1200. The van der Waals surface area contributed by atoms with Gasteiger partial charge >= 0.3 is 5.97 Å². The number of ether oxygens (including phenoxy) is 2. The molecular weight excluding hydrogens is 464 g/mol. The second kappa shape index (κ2) is 9.61. The van der Waals surface area contributed by atoms with Crippen molar-refractivity contribution < 1.29 is 19.1 Å². The van der Waals surface area contributed by atoms with Gasteiger partial charge in [-0.25, -0.2) is 4.79 Å². The lowest BCUT2D eigenvalue weighted by Crippen LogP contribution is -2.17. The number of H-pyrrole nitrogens is 1. The first-order chi connectivity index (χ1) is 15.8. The third-order valence-corrected chi connectivity index (χ3v) is 6.93. The molecule has 1 fully saturated rings. The van der Waals surface area contributed by atoms with Crippen LogP contribution >= 0.6 is 23.4 Å². The van der Waals surface area contributed by atoms with Crippen molar-refractivity contribution in [3.8, 4) is 5.75 Å². The lowest BCUT2D eigenvalue weighted by molar-refractivity contribution is 0.0599. The Labute approximate surface area is 201 Å². The van der Waals surface area contributed by atoms with Crippen LogP contribution in [0.2, 0.25) is 5.02 Å². The maximum absolute atomic E-state index is 13.2. The van der Waals surface area contributed by atoms with Gasteiger partial charge in [0.15, 0.2) is 16.8 Å². The molecule has 1 saturated carbocycles. The van der Waals surface area contributed by atoms with Crippen molar-refractivity contribution >= 4 is 35.1 Å². The summed E-state index contributed by atoms with van der Waals surface area (Å²) in [6, 6.07) is 7.58. The summed E-state index contributed by atoms with van der Waals surface area (Å²) in [5, 5.41) is 9.43. The first-order valence-electron chi connectivity index (χ1n) is 10.6. The maximum Gasteiger partial charge on any atom is 0.339 e. The standard InChI is InChI=1S/C23H25ClN4O4S/c1-12-19(22(30)31-4)13(2)25-20(12)21(29)14(3)33-23-27-26-18(28(23)15-9-10-15)11-32-17-8-6-5-7-16(17)24/h5-8,14-15,25H,9-11H2,1-4H3/t14-/m0/s1. The Morgan fingerprint density at radius 3 is 2.67 bits per heavy atom. The van der Waals surface area contributed by atoms with Crippen molar-refractivity contribution in [3.63, 3.8) is 0 Å². The number of esters is 1. The molecule has 0 aliphatic heterocycles. The number of aryl methyl sites for hydroxylation is 1. The second-order valence-electron chi connectivity index (χ2n) is 7.96. The van der Waals surface area contributed by atoms with Gasteiger partial charge in [-0.1, -0.05) is 35.5 Å². The van der Waals surface area contributed by atoms with E-state index in [9.17, 15) is 9.59 Å². The number of rotatable bonds is 9. The van der Waals surface area contributed by atoms with Gasteiger partial charge in [0.1, 0.15) is 12.4 Å². The Morgan fingerprint density at radius 2 is 2.00 bits per heavy atom. The Hall–Kier alpha value is -2.78. The molecule has 0 radical (unpaired) electrons. The van der Waals surface area contributed by atoms with Crippen molar-refractivity contribution in [2.24, 2.45) is 0 Å². The summed E-state index contributed by atoms with van der Waals surface area (Å²) < 4.78 is 12.8. The zero-order valence-corrected chi connectivity index (χ0v) is 20.4. The zero-order chi connectivity index (χ0) is 23.7. The molecule has 174 valence electrons. The Morgan fingerprint density at radius 1 is 1.27 bits per heavy atom. The highest BCUT2D eigenvalue weighted by Gasteiger charge is 2.32. The molecule has 0 amide bonds. The van der Waals surface area contributed by atoms with E-state index in [1.54, 1.807) is 26.0 Å². The van der Waals surface area contributed by atoms with Gasteiger partial charge in [0.25, 0.3) is 0 Å². The first kappa shape index (κ1) is 23.4. The van der Waals surface area contributed by atoms with E-state index < -0.39 is 11.2 Å². The molecule has 1 atom stereocenters. The van der Waals surface area contributed by atoms with Gasteiger partial charge in [0, 0.05) is 11.7 Å². The minimum absolute atomic E-state index is 0.116. The molecule has 1 N–H and O–H groups in total. The van der Waals surface area contributed by atoms with Crippen molar-refractivity contribution in [3.05, 3.63) is 57.6 Å². The van der Waals surface area contributed by atoms with Crippen LogP contribution in [0.3, 0.4) is 0 Å². The van der Waals surface area contributed by atoms with Crippen LogP contribution in [0.15, 0.2) is 29.4 Å². The lowest BCUT2D eigenvalue weighted by atomic mass is 10.1. The van der Waals surface area contributed by atoms with E-state index in [0.29, 0.717) is 50.3 Å². The molecule has 10 heteroatoms. The number of aromatic amines is 1. The number of halogens is 1. The molecule has 2 heterocycles. The molecule has 3 aromatic rings. The van der Waals surface area contributed by atoms with Crippen LogP contribution in [0.25, 0.3) is 0 Å². The highest BCUT2D eigenvalue weighted by molar-refractivity contribution is 8.00. The summed E-state index contributed by atoms with van der Waals surface area (Å²) in [6.07, 6.45) is 2.06. The largest absolute Gasteiger partial charge is 0.484 e. The van der Waals surface area contributed by atoms with Gasteiger partial charge in [-0.2, -0.15) is 0 Å². The highest BCUT2D eigenvalue weighted by atomic mass is 35.5. The van der Waals surface area contributed by atoms with E-state index in [0.717, 1.165) is 12.8 Å². The molecule has 8 nitrogen and oxygen atoms in total. The fraction of sp³-hybridized carbons (Fsp3) is 0.391. The fourth-order valence-electron chi connectivity index (χ4n) is 3.71. The molecule has 1 aromatic carbocycles. The predicted octanol–water partition coefficient (Wildman–Crippen LogP) is 4.94. The number of para-hydroxylation sites is 1. The number of thioether (sulfide) groups is 1. The van der Waals surface area contributed by atoms with E-state index in [1.807, 2.05) is 19.1 Å². The summed E-state index contributed by atoms with van der Waals surface area (Å²) >= 11 is 7.53. The summed E-state index contributed by atoms with van der Waals surface area (Å²) in [5.41, 5.74) is 2.01. The van der Waals surface area contributed by atoms with Crippen LogP contribution in [-0.4, -0.2) is 43.9 Å². The lowest BCUT2D eigenvalue weighted by Gasteiger charge is -2.13. The number of benzene rings is 1. The molecule has 0 spiro atoms. The molecule has 0 bridgehead atoms. The monoisotopic (exact) mass is 488 g/mol. The SMILES string of the molecule is COC(=O)c1c(C)[nH]c(C(=O)[C@H](C)Sc2nnc(COc3ccccc3Cl)n2C2CC2)c1C. The van der Waals surface area contributed by atoms with Crippen molar-refractivity contribution in [1.29, 1.82) is 0 Å². The Kier molecular flexibility index (Phi) is 6.81. The second-order valence-corrected chi connectivity index (χ2v) is 9.68. The number of aromatic nitrogens is 4. The molecule has 33 heavy (non-hydrogen) atoms. The van der Waals surface area contributed by atoms with Crippen LogP contribution in [0.4, 0.5) is 0 Å². The van der Waals surface area contributed by atoms with Gasteiger partial charge in [0.2, 0.25) is 0 Å². The summed E-state index contributed by atoms with van der Waals surface area (Å²) in [6.45, 7) is 5.56. The average molecular weight is 489 g/mol. The molecule has 1 aliphatic rings. The van der Waals surface area contributed by atoms with E-state index in [2.05, 4.69) is 19.7 Å². The number of methoxy groups -OCH3 is 1. The molecule has 4 rings (SSSR count). The highest BCUT2D eigenvalue weighted by Crippen LogP contribution is 2.40. The number of ketones is 1. The molecule has 0 saturated heterocycles. The van der Waals surface area contributed by atoms with E-state index >= 15 is 0 Å². The molecule has 0 unspecified atom stereocenters. The third kappa shape index (κ3) is 4.79. The fourth-order valence-corrected chi connectivity index (χ4v) is 4.90. The van der Waals surface area contributed by atoms with Crippen molar-refractivity contribution in [2.75, 3.05) is 7.11 Å². The van der Waals surface area contributed by atoms with Gasteiger partial charge in [-0.3, -0.25) is 9.36 Å². The predicted molar refractivity (Wildman–Crippen MR) is 125 cm³/mol. The molecular formula is C23H25ClN4O4S. The zero-order valence-electron chi connectivity index (χ0n) is 18.8. The number of hydrogen-bond donors (Lipinski definition) is 1. The summed E-state index contributed by atoms with van der Waals surface area (Å²) in [7, 11) is 1.33. The topological polar surface area (TPSA) is 99.1 Å². The van der Waals surface area contributed by atoms with Gasteiger partial charge < -0.3 is 14.5 Å². The number of hydrogen-bond acceptors (Lipinski definition) is 7. The maximum atomic E-state index is 13.2. The third-order valence-electron chi connectivity index (χ3n) is 5.57. The first-order valence-corrected chi connectivity index (χ1v) is 11.9. The van der Waals surface area contributed by atoms with Crippen LogP contribution in [0, 0.1) is 13.8 Å². The van der Waals surface area contributed by atoms with Crippen LogP contribution in [0.1, 0.15) is 63.7 Å². The average Bonchev–Trinajstić information content (AvgIpc) is 3.49. The number of carbonyl (C=O) groups excluding carboxylic acids is 2. The summed E-state index contributed by atoms with van der Waals surface area (Å²) in [4.78, 5) is 28.3. The number of nitrogens with one attached hydrogen (secondary N) is 1. The van der Waals surface area contributed by atoms with Crippen LogP contribution < -0.4 is 4.74 Å². The minimum atomic E-state index is -0.461. The van der Waals surface area contributed by atoms with Crippen LogP contribution in [0.5, 0.6) is 5.75 Å². The van der Waals surface area contributed by atoms with E-state index in [-0.39, 0.29) is 12.4 Å². The smallest absolute Gasteiger partial charge is 0.339 e. The van der Waals surface area contributed by atoms with Gasteiger partial charge in [-0.15, -0.1) is 10.2 Å². The van der Waals surface area contributed by atoms with Crippen LogP contribution in [-0.2, 0) is 11.3 Å². The van der Waals surface area contributed by atoms with Crippen molar-refractivity contribution in [2.45, 2.75) is 56.7 Å². The summed E-state index contributed by atoms with van der Waals surface area (Å²) in [5.74, 6) is 0.702. The van der Waals surface area contributed by atoms with Gasteiger partial charge in [0.05, 0.1) is 28.6 Å². The minimum Gasteiger partial charge on any atom is -0.484 e. The van der Waals surface area contributed by atoms with E-state index in [4.69, 9.17) is 21.1 Å². The number of carbonyl (C=O) groups is 2. The van der Waals surface area contributed by atoms with Gasteiger partial charge in [-0.05, 0) is 51.3 Å². The number of Topliss-reactive ketones (excluding diaryl/α,β-unsaturated/α-hetero) is 1. The number of nitrogens with zero attached hydrogens (tertiary/aromatic N) is 3. The Balaban J connectivity index is 1.52. The van der Waals surface area contributed by atoms with Crippen molar-refractivity contribution in [1.82, 2.24) is 19.7 Å². The molecule has 2 aromatic heterocycles.